The highest BCUT2D eigenvalue weighted by Crippen LogP contribution is 2.44. The molecule has 1 N–H and O–H groups in total. The number of halogens is 1. The fourth-order valence-electron chi connectivity index (χ4n) is 3.51. The van der Waals surface area contributed by atoms with Gasteiger partial charge < -0.3 is 10.1 Å². The Morgan fingerprint density at radius 2 is 1.75 bits per heavy atom. The molecule has 4 rings (SSSR count). The van der Waals surface area contributed by atoms with Gasteiger partial charge in [-0.3, -0.25) is 0 Å². The van der Waals surface area contributed by atoms with Crippen LogP contribution in [0.25, 0.3) is 17.2 Å². The fraction of sp³-hybridized carbons (Fsp3) is 0.130. The molecule has 0 bridgehead atoms. The molecule has 2 aromatic carbocycles. The van der Waals surface area contributed by atoms with Crippen molar-refractivity contribution in [3.05, 3.63) is 95.6 Å². The predicted octanol–water partition coefficient (Wildman–Crippen LogP) is 4.77. The second-order valence-electron chi connectivity index (χ2n) is 6.52. The van der Waals surface area contributed by atoms with Gasteiger partial charge in [-0.25, -0.2) is 9.78 Å². The van der Waals surface area contributed by atoms with Crippen LogP contribution in [-0.2, 0) is 4.74 Å². The third-order valence-corrected chi connectivity index (χ3v) is 4.77. The number of fused-ring (bicyclic) bond motifs is 3. The summed E-state index contributed by atoms with van der Waals surface area (Å²) in [7, 11) is 0. The summed E-state index contributed by atoms with van der Waals surface area (Å²) < 4.78 is 18.5. The highest BCUT2D eigenvalue weighted by Gasteiger charge is 2.28. The summed E-state index contributed by atoms with van der Waals surface area (Å²) in [5, 5.41) is 2.68. The predicted molar refractivity (Wildman–Crippen MR) is 106 cm³/mol. The van der Waals surface area contributed by atoms with E-state index in [-0.39, 0.29) is 12.5 Å². The van der Waals surface area contributed by atoms with Gasteiger partial charge in [0.2, 0.25) is 5.95 Å². The maximum absolute atomic E-state index is 13.0. The monoisotopic (exact) mass is 374 g/mol. The van der Waals surface area contributed by atoms with Gasteiger partial charge >= 0.3 is 6.09 Å². The molecule has 0 saturated carbocycles. The van der Waals surface area contributed by atoms with Gasteiger partial charge in [0.1, 0.15) is 6.61 Å². The molecule has 0 saturated heterocycles. The summed E-state index contributed by atoms with van der Waals surface area (Å²) in [6.07, 6.45) is 4.37. The number of nitrogens with one attached hydrogen (secondary N) is 1. The van der Waals surface area contributed by atoms with Crippen molar-refractivity contribution in [1.29, 1.82) is 0 Å². The number of carbonyl (C=O) groups excluding carboxylic acids is 1. The summed E-state index contributed by atoms with van der Waals surface area (Å²) in [6, 6.07) is 19.4. The molecule has 1 amide bonds. The zero-order valence-electron chi connectivity index (χ0n) is 15.1. The van der Waals surface area contributed by atoms with Crippen molar-refractivity contribution in [3.8, 4) is 11.1 Å². The van der Waals surface area contributed by atoms with Gasteiger partial charge in [0.15, 0.2) is 0 Å². The molecule has 1 aliphatic carbocycles. The van der Waals surface area contributed by atoms with Crippen molar-refractivity contribution in [3.63, 3.8) is 0 Å². The minimum absolute atomic E-state index is 0.0356. The van der Waals surface area contributed by atoms with E-state index in [9.17, 15) is 9.18 Å². The summed E-state index contributed by atoms with van der Waals surface area (Å²) in [6.45, 7) is 0.569. The summed E-state index contributed by atoms with van der Waals surface area (Å²) in [5.41, 5.74) is 5.42. The maximum atomic E-state index is 13.0. The van der Waals surface area contributed by atoms with Gasteiger partial charge in [0, 0.05) is 24.7 Å². The number of nitrogens with zero attached hydrogens (tertiary/aromatic N) is 1. The van der Waals surface area contributed by atoms with E-state index >= 15 is 0 Å². The summed E-state index contributed by atoms with van der Waals surface area (Å²) in [5.74, 6) is -0.500. The largest absolute Gasteiger partial charge is 0.449 e. The average Bonchev–Trinajstić information content (AvgIpc) is 3.04. The minimum atomic E-state index is -0.536. The molecular formula is C23H19FN2O2. The van der Waals surface area contributed by atoms with Crippen molar-refractivity contribution in [2.24, 2.45) is 0 Å². The highest BCUT2D eigenvalue weighted by atomic mass is 19.1. The number of benzene rings is 2. The summed E-state index contributed by atoms with van der Waals surface area (Å²) >= 11 is 0. The summed E-state index contributed by atoms with van der Waals surface area (Å²) in [4.78, 5) is 15.6. The molecule has 0 fully saturated rings. The molecule has 0 unspecified atom stereocenters. The van der Waals surface area contributed by atoms with Crippen LogP contribution in [0.5, 0.6) is 0 Å². The van der Waals surface area contributed by atoms with Crippen LogP contribution >= 0.6 is 0 Å². The molecule has 3 aromatic rings. The number of alkyl carbamates (subject to hydrolysis) is 1. The molecule has 0 spiro atoms. The second-order valence-corrected chi connectivity index (χ2v) is 6.52. The van der Waals surface area contributed by atoms with Gasteiger partial charge in [-0.1, -0.05) is 60.7 Å². The smallest absolute Gasteiger partial charge is 0.407 e. The number of carbonyl (C=O) groups is 1. The van der Waals surface area contributed by atoms with Crippen LogP contribution in [0.3, 0.4) is 0 Å². The van der Waals surface area contributed by atoms with E-state index in [4.69, 9.17) is 4.74 Å². The van der Waals surface area contributed by atoms with Gasteiger partial charge in [0.05, 0.1) is 0 Å². The fourth-order valence-corrected chi connectivity index (χ4v) is 3.51. The van der Waals surface area contributed by atoms with Gasteiger partial charge in [-0.05, 0) is 33.9 Å². The van der Waals surface area contributed by atoms with Crippen molar-refractivity contribution in [2.75, 3.05) is 13.2 Å². The first-order chi connectivity index (χ1) is 13.7. The third kappa shape index (κ3) is 3.78. The van der Waals surface area contributed by atoms with Gasteiger partial charge in [-0.15, -0.1) is 0 Å². The van der Waals surface area contributed by atoms with Crippen LogP contribution in [0, 0.1) is 5.95 Å². The van der Waals surface area contributed by atoms with Crippen molar-refractivity contribution >= 4 is 12.2 Å². The van der Waals surface area contributed by atoms with Crippen LogP contribution in [0.4, 0.5) is 9.18 Å². The van der Waals surface area contributed by atoms with Crippen molar-refractivity contribution in [2.45, 2.75) is 5.92 Å². The number of hydrogen-bond acceptors (Lipinski definition) is 3. The molecule has 4 nitrogen and oxygen atoms in total. The normalized spacial score (nSPS) is 12.6. The first-order valence-electron chi connectivity index (χ1n) is 9.09. The molecule has 140 valence electrons. The molecule has 5 heteroatoms. The number of pyridine rings is 1. The lowest BCUT2D eigenvalue weighted by Crippen LogP contribution is -2.26. The van der Waals surface area contributed by atoms with Crippen LogP contribution in [0.15, 0.2) is 72.9 Å². The first-order valence-corrected chi connectivity index (χ1v) is 9.09. The Bertz CT molecular complexity index is 987. The van der Waals surface area contributed by atoms with E-state index < -0.39 is 12.0 Å². The Hall–Kier alpha value is -3.47. The topological polar surface area (TPSA) is 51.2 Å². The minimum Gasteiger partial charge on any atom is -0.449 e. The number of rotatable bonds is 5. The SMILES string of the molecule is O=C(NCC=Cc1ccnc(F)c1)OCC1c2ccccc2-c2ccccc21. The van der Waals surface area contributed by atoms with Gasteiger partial charge in [0.25, 0.3) is 0 Å². The van der Waals surface area contributed by atoms with Crippen molar-refractivity contribution in [1.82, 2.24) is 10.3 Å². The standard InChI is InChI=1S/C23H19FN2O2/c24-22-14-16(11-13-25-22)6-5-12-26-23(27)28-15-21-19-9-3-1-7-17(19)18-8-2-4-10-20(18)21/h1-11,13-14,21H,12,15H2,(H,26,27). The first kappa shape index (κ1) is 17.9. The Kier molecular flexibility index (Phi) is 5.15. The van der Waals surface area contributed by atoms with Crippen LogP contribution in [-0.4, -0.2) is 24.2 Å². The lowest BCUT2D eigenvalue weighted by molar-refractivity contribution is 0.144. The highest BCUT2D eigenvalue weighted by molar-refractivity contribution is 5.79. The van der Waals surface area contributed by atoms with E-state index in [2.05, 4.69) is 34.6 Å². The lowest BCUT2D eigenvalue weighted by Gasteiger charge is -2.14. The molecule has 1 aromatic heterocycles. The second kappa shape index (κ2) is 8.05. The molecule has 0 atom stereocenters. The molecule has 0 radical (unpaired) electrons. The van der Waals surface area contributed by atoms with Crippen LogP contribution < -0.4 is 5.32 Å². The van der Waals surface area contributed by atoms with E-state index in [0.717, 1.165) is 0 Å². The molecule has 0 aliphatic heterocycles. The van der Waals surface area contributed by atoms with Crippen molar-refractivity contribution < 1.29 is 13.9 Å². The van der Waals surface area contributed by atoms with E-state index in [1.165, 1.54) is 34.5 Å². The number of aromatic nitrogens is 1. The molecular weight excluding hydrogens is 355 g/mol. The molecule has 1 aliphatic rings. The number of hydrogen-bond donors (Lipinski definition) is 1. The lowest BCUT2D eigenvalue weighted by atomic mass is 9.98. The Labute approximate surface area is 162 Å². The maximum Gasteiger partial charge on any atom is 0.407 e. The number of ether oxygens (including phenoxy) is 1. The average molecular weight is 374 g/mol. The number of amides is 1. The third-order valence-electron chi connectivity index (χ3n) is 4.77. The van der Waals surface area contributed by atoms with Crippen LogP contribution in [0.1, 0.15) is 22.6 Å². The zero-order chi connectivity index (χ0) is 19.3. The van der Waals surface area contributed by atoms with E-state index in [1.807, 2.05) is 24.3 Å². The Morgan fingerprint density at radius 1 is 1.07 bits per heavy atom. The quantitative estimate of drug-likeness (QED) is 0.655. The Morgan fingerprint density at radius 3 is 2.43 bits per heavy atom. The van der Waals surface area contributed by atoms with Gasteiger partial charge in [-0.2, -0.15) is 4.39 Å². The molecule has 28 heavy (non-hydrogen) atoms. The zero-order valence-corrected chi connectivity index (χ0v) is 15.1. The van der Waals surface area contributed by atoms with E-state index in [1.54, 1.807) is 18.2 Å². The Balaban J connectivity index is 1.34. The van der Waals surface area contributed by atoms with E-state index in [0.29, 0.717) is 12.1 Å². The van der Waals surface area contributed by atoms with Crippen LogP contribution in [0.2, 0.25) is 0 Å². The molecule has 1 heterocycles.